The Labute approximate surface area is 319 Å². The van der Waals surface area contributed by atoms with Crippen molar-refractivity contribution in [1.82, 2.24) is 14.7 Å². The summed E-state index contributed by atoms with van der Waals surface area (Å²) in [6.45, 7) is 7.57. The van der Waals surface area contributed by atoms with Gasteiger partial charge in [-0.15, -0.1) is 11.6 Å². The zero-order valence-electron chi connectivity index (χ0n) is 30.6. The van der Waals surface area contributed by atoms with Crippen LogP contribution in [0.3, 0.4) is 0 Å². The Morgan fingerprint density at radius 1 is 0.585 bits per heavy atom. The SMILES string of the molecule is O=C(c1ccc(-c2ccc(OCCCCl)cc2)cc1)N1CCCC1.O=C(c1ccc(-c2ccc(OCCCN3CC[C@@H](O)C3)cc2)cc1)N1CCCC1. The summed E-state index contributed by atoms with van der Waals surface area (Å²) >= 11 is 5.64. The number of carbonyl (C=O) groups is 2. The lowest BCUT2D eigenvalue weighted by Crippen LogP contribution is -2.27. The van der Waals surface area contributed by atoms with Gasteiger partial charge in [0.05, 0.1) is 19.3 Å². The molecule has 4 aromatic rings. The number of carbonyl (C=O) groups excluding carboxylic acids is 2. The third-order valence-electron chi connectivity index (χ3n) is 10.1. The summed E-state index contributed by atoms with van der Waals surface area (Å²) in [5, 5.41) is 9.55. The second kappa shape index (κ2) is 19.6. The maximum Gasteiger partial charge on any atom is 0.253 e. The summed E-state index contributed by atoms with van der Waals surface area (Å²) in [6, 6.07) is 31.9. The average molecular weight is 738 g/mol. The van der Waals surface area contributed by atoms with Crippen molar-refractivity contribution in [3.05, 3.63) is 108 Å². The number of aliphatic hydroxyl groups is 1. The molecule has 0 radical (unpaired) electrons. The Morgan fingerprint density at radius 3 is 1.36 bits per heavy atom. The Kier molecular flexibility index (Phi) is 14.2. The molecule has 53 heavy (non-hydrogen) atoms. The smallest absolute Gasteiger partial charge is 0.253 e. The van der Waals surface area contributed by atoms with Gasteiger partial charge in [0.25, 0.3) is 11.8 Å². The summed E-state index contributed by atoms with van der Waals surface area (Å²) < 4.78 is 11.5. The molecular formula is C44H52ClN3O5. The third-order valence-corrected chi connectivity index (χ3v) is 10.4. The standard InChI is InChI=1S/C24H30N2O3.C20H22ClNO2/c27-22-12-16-25(18-22)13-3-17-29-23-10-8-20(9-11-23)19-4-6-21(7-5-19)24(28)26-14-1-2-15-26;21-12-3-15-24-19-10-8-17(9-11-19)16-4-6-18(7-5-16)20(23)22-13-1-2-14-22/h4-11,22,27H,1-3,12-18H2;4-11H,1-3,12-15H2/t22-;/m1./s1. The van der Waals surface area contributed by atoms with Crippen molar-refractivity contribution in [2.75, 3.05) is 64.9 Å². The number of amides is 2. The fourth-order valence-corrected chi connectivity index (χ4v) is 7.15. The maximum absolute atomic E-state index is 12.5. The van der Waals surface area contributed by atoms with Crippen LogP contribution in [0.25, 0.3) is 22.3 Å². The quantitative estimate of drug-likeness (QED) is 0.111. The second-order valence-electron chi connectivity index (χ2n) is 14.0. The highest BCUT2D eigenvalue weighted by Gasteiger charge is 2.21. The minimum atomic E-state index is -0.157. The van der Waals surface area contributed by atoms with Gasteiger partial charge in [-0.25, -0.2) is 0 Å². The van der Waals surface area contributed by atoms with Crippen LogP contribution in [-0.2, 0) is 0 Å². The zero-order valence-corrected chi connectivity index (χ0v) is 31.4. The highest BCUT2D eigenvalue weighted by atomic mass is 35.5. The molecule has 0 bridgehead atoms. The predicted molar refractivity (Wildman–Crippen MR) is 212 cm³/mol. The summed E-state index contributed by atoms with van der Waals surface area (Å²) in [4.78, 5) is 31.0. The summed E-state index contributed by atoms with van der Waals surface area (Å²) in [5.74, 6) is 2.62. The van der Waals surface area contributed by atoms with E-state index < -0.39 is 0 Å². The number of β-amino-alcohol motifs (C(OH)–C–C–N with tert-alkyl or cyclic N) is 1. The van der Waals surface area contributed by atoms with Crippen LogP contribution in [0.1, 0.15) is 65.7 Å². The number of benzene rings is 4. The van der Waals surface area contributed by atoms with Crippen LogP contribution < -0.4 is 9.47 Å². The Hall–Kier alpha value is -4.37. The van der Waals surface area contributed by atoms with Gasteiger partial charge in [0, 0.05) is 62.8 Å². The molecule has 3 fully saturated rings. The fraction of sp³-hybridized carbons (Fsp3) is 0.409. The monoisotopic (exact) mass is 737 g/mol. The molecular weight excluding hydrogens is 686 g/mol. The van der Waals surface area contributed by atoms with Crippen LogP contribution in [0.15, 0.2) is 97.1 Å². The van der Waals surface area contributed by atoms with Crippen molar-refractivity contribution in [2.24, 2.45) is 0 Å². The van der Waals surface area contributed by atoms with Crippen molar-refractivity contribution < 1.29 is 24.2 Å². The summed E-state index contributed by atoms with van der Waals surface area (Å²) in [5.41, 5.74) is 5.95. The minimum absolute atomic E-state index is 0.140. The molecule has 3 heterocycles. The normalized spacial score (nSPS) is 17.1. The average Bonchev–Trinajstić information content (AvgIpc) is 4.02. The van der Waals surface area contributed by atoms with E-state index in [9.17, 15) is 14.7 Å². The largest absolute Gasteiger partial charge is 0.494 e. The lowest BCUT2D eigenvalue weighted by atomic mass is 10.0. The molecule has 280 valence electrons. The molecule has 0 unspecified atom stereocenters. The van der Waals surface area contributed by atoms with Gasteiger partial charge in [-0.05, 0) is 116 Å². The lowest BCUT2D eigenvalue weighted by molar-refractivity contribution is 0.0785. The van der Waals surface area contributed by atoms with Crippen molar-refractivity contribution in [1.29, 1.82) is 0 Å². The molecule has 1 N–H and O–H groups in total. The Bertz CT molecular complexity index is 1720. The number of hydrogen-bond donors (Lipinski definition) is 1. The van der Waals surface area contributed by atoms with Gasteiger partial charge >= 0.3 is 0 Å². The van der Waals surface area contributed by atoms with Crippen LogP contribution in [0.5, 0.6) is 11.5 Å². The van der Waals surface area contributed by atoms with Crippen molar-refractivity contribution >= 4 is 23.4 Å². The Balaban J connectivity index is 0.000000185. The van der Waals surface area contributed by atoms with Crippen molar-refractivity contribution in [3.8, 4) is 33.8 Å². The first-order valence-electron chi connectivity index (χ1n) is 19.2. The molecule has 0 aliphatic carbocycles. The second-order valence-corrected chi connectivity index (χ2v) is 14.4. The molecule has 3 aliphatic heterocycles. The first-order valence-corrected chi connectivity index (χ1v) is 19.7. The third kappa shape index (κ3) is 11.1. The van der Waals surface area contributed by atoms with E-state index in [1.165, 1.54) is 0 Å². The lowest BCUT2D eigenvalue weighted by Gasteiger charge is -2.15. The van der Waals surface area contributed by atoms with Gasteiger partial charge in [-0.3, -0.25) is 9.59 Å². The van der Waals surface area contributed by atoms with Crippen LogP contribution in [0, 0.1) is 0 Å². The zero-order chi connectivity index (χ0) is 36.8. The minimum Gasteiger partial charge on any atom is -0.494 e. The number of ether oxygens (including phenoxy) is 2. The van der Waals surface area contributed by atoms with E-state index in [0.29, 0.717) is 19.1 Å². The molecule has 0 saturated carbocycles. The molecule has 3 saturated heterocycles. The molecule has 1 atom stereocenters. The van der Waals surface area contributed by atoms with Crippen LogP contribution in [0.4, 0.5) is 0 Å². The maximum atomic E-state index is 12.5. The summed E-state index contributed by atoms with van der Waals surface area (Å²) in [6.07, 6.45) is 6.98. The van der Waals surface area contributed by atoms with Gasteiger partial charge in [0.1, 0.15) is 11.5 Å². The van der Waals surface area contributed by atoms with Crippen molar-refractivity contribution in [3.63, 3.8) is 0 Å². The van der Waals surface area contributed by atoms with Gasteiger partial charge in [-0.2, -0.15) is 0 Å². The summed E-state index contributed by atoms with van der Waals surface area (Å²) in [7, 11) is 0. The molecule has 8 nitrogen and oxygen atoms in total. The van der Waals surface area contributed by atoms with E-state index in [1.54, 1.807) is 0 Å². The number of nitrogens with zero attached hydrogens (tertiary/aromatic N) is 3. The molecule has 0 spiro atoms. The van der Waals surface area contributed by atoms with E-state index in [-0.39, 0.29) is 17.9 Å². The van der Waals surface area contributed by atoms with Crippen molar-refractivity contribution in [2.45, 2.75) is 51.0 Å². The van der Waals surface area contributed by atoms with Gasteiger partial charge in [-0.1, -0.05) is 48.5 Å². The van der Waals surface area contributed by atoms with Gasteiger partial charge in [0.2, 0.25) is 0 Å². The number of alkyl halides is 1. The highest BCUT2D eigenvalue weighted by Crippen LogP contribution is 2.25. The van der Waals surface area contributed by atoms with E-state index in [1.807, 2.05) is 94.7 Å². The molecule has 0 aromatic heterocycles. The molecule has 7 rings (SSSR count). The van der Waals surface area contributed by atoms with E-state index in [0.717, 1.165) is 136 Å². The predicted octanol–water partition coefficient (Wildman–Crippen LogP) is 8.02. The van der Waals surface area contributed by atoms with E-state index >= 15 is 0 Å². The fourth-order valence-electron chi connectivity index (χ4n) is 7.04. The van der Waals surface area contributed by atoms with E-state index in [4.69, 9.17) is 21.1 Å². The van der Waals surface area contributed by atoms with Crippen LogP contribution in [0.2, 0.25) is 0 Å². The molecule has 2 amide bonds. The number of rotatable bonds is 13. The number of likely N-dealkylation sites (tertiary alicyclic amines) is 3. The topological polar surface area (TPSA) is 82.5 Å². The number of hydrogen-bond acceptors (Lipinski definition) is 6. The first-order chi connectivity index (χ1) is 26.0. The molecule has 9 heteroatoms. The van der Waals surface area contributed by atoms with E-state index in [2.05, 4.69) is 17.0 Å². The van der Waals surface area contributed by atoms with Gasteiger partial charge < -0.3 is 29.3 Å². The number of halogens is 1. The first kappa shape index (κ1) is 38.4. The molecule has 4 aromatic carbocycles. The molecule has 3 aliphatic rings. The highest BCUT2D eigenvalue weighted by molar-refractivity contribution is 6.17. The number of aliphatic hydroxyl groups excluding tert-OH is 1. The van der Waals surface area contributed by atoms with Gasteiger partial charge in [0.15, 0.2) is 0 Å². The van der Waals surface area contributed by atoms with Crippen LogP contribution in [-0.4, -0.2) is 103 Å². The Morgan fingerprint density at radius 2 is 0.981 bits per heavy atom. The van der Waals surface area contributed by atoms with Crippen LogP contribution >= 0.6 is 11.6 Å².